The maximum atomic E-state index is 13.1. The molecule has 2 heterocycles. The van der Waals surface area contributed by atoms with Gasteiger partial charge in [-0.25, -0.2) is 4.79 Å². The van der Waals surface area contributed by atoms with Crippen LogP contribution in [0.4, 0.5) is 4.79 Å². The Morgan fingerprint density at radius 3 is 2.19 bits per heavy atom. The third-order valence-electron chi connectivity index (χ3n) is 5.67. The lowest BCUT2D eigenvalue weighted by atomic mass is 9.68. The van der Waals surface area contributed by atoms with Gasteiger partial charge < -0.3 is 5.32 Å². The van der Waals surface area contributed by atoms with Crippen LogP contribution >= 0.6 is 0 Å². The van der Waals surface area contributed by atoms with Crippen molar-refractivity contribution in [2.45, 2.75) is 63.7 Å². The summed E-state index contributed by atoms with van der Waals surface area (Å²) in [5, 5.41) is 3.01. The number of carbonyl (C=O) groups excluding carboxylic acids is 2. The molecular formula is C21H29N3O2. The Balaban J connectivity index is 1.91. The molecule has 0 atom stereocenters. The first-order chi connectivity index (χ1) is 12.1. The van der Waals surface area contributed by atoms with Crippen LogP contribution in [0.25, 0.3) is 0 Å². The number of rotatable bonds is 4. The van der Waals surface area contributed by atoms with Gasteiger partial charge in [0, 0.05) is 24.2 Å². The molecule has 2 aliphatic heterocycles. The van der Waals surface area contributed by atoms with Crippen LogP contribution in [0.1, 0.15) is 46.1 Å². The fraction of sp³-hybridized carbons (Fsp3) is 0.524. The summed E-state index contributed by atoms with van der Waals surface area (Å²) in [6.07, 6.45) is 2.78. The number of hydrogen-bond acceptors (Lipinski definition) is 3. The van der Waals surface area contributed by atoms with E-state index in [4.69, 9.17) is 0 Å². The number of benzene rings is 1. The molecule has 2 saturated heterocycles. The van der Waals surface area contributed by atoms with Crippen LogP contribution in [-0.2, 0) is 11.3 Å². The molecule has 0 aromatic heterocycles. The second kappa shape index (κ2) is 6.23. The molecule has 0 saturated carbocycles. The smallest absolute Gasteiger partial charge is 0.323 e. The second-order valence-electron chi connectivity index (χ2n) is 8.77. The lowest BCUT2D eigenvalue weighted by Gasteiger charge is -2.57. The fourth-order valence-corrected chi connectivity index (χ4v) is 4.95. The maximum absolute atomic E-state index is 13.1. The number of amides is 3. The highest BCUT2D eigenvalue weighted by Crippen LogP contribution is 2.46. The Bertz CT molecular complexity index is 706. The molecule has 5 heteroatoms. The molecule has 0 unspecified atom stereocenters. The minimum atomic E-state index is -0.833. The molecule has 2 fully saturated rings. The Morgan fingerprint density at radius 1 is 1.08 bits per heavy atom. The number of likely N-dealkylation sites (tertiary alicyclic amines) is 1. The lowest BCUT2D eigenvalue weighted by Crippen LogP contribution is -2.69. The van der Waals surface area contributed by atoms with Crippen LogP contribution < -0.4 is 5.32 Å². The predicted octanol–water partition coefficient (Wildman–Crippen LogP) is 3.32. The van der Waals surface area contributed by atoms with Gasteiger partial charge in [0.15, 0.2) is 0 Å². The highest BCUT2D eigenvalue weighted by molar-refractivity contribution is 6.07. The van der Waals surface area contributed by atoms with Crippen molar-refractivity contribution in [1.29, 1.82) is 0 Å². The number of nitrogens with one attached hydrogen (secondary N) is 1. The van der Waals surface area contributed by atoms with Gasteiger partial charge in [-0.3, -0.25) is 14.6 Å². The van der Waals surface area contributed by atoms with Crippen LogP contribution in [0.3, 0.4) is 0 Å². The second-order valence-corrected chi connectivity index (χ2v) is 8.77. The van der Waals surface area contributed by atoms with Gasteiger partial charge in [-0.05, 0) is 46.1 Å². The van der Waals surface area contributed by atoms with Crippen molar-refractivity contribution in [3.63, 3.8) is 0 Å². The minimum Gasteiger partial charge on any atom is -0.323 e. The summed E-state index contributed by atoms with van der Waals surface area (Å²) in [6.45, 7) is 13.4. The van der Waals surface area contributed by atoms with Gasteiger partial charge in [-0.2, -0.15) is 0 Å². The largest absolute Gasteiger partial charge is 0.325 e. The average molecular weight is 355 g/mol. The average Bonchev–Trinajstić information content (AvgIpc) is 2.75. The van der Waals surface area contributed by atoms with Crippen molar-refractivity contribution < 1.29 is 9.59 Å². The molecule has 2 aliphatic rings. The molecule has 5 nitrogen and oxygen atoms in total. The van der Waals surface area contributed by atoms with Crippen molar-refractivity contribution in [3.8, 4) is 0 Å². The quantitative estimate of drug-likeness (QED) is 0.666. The Labute approximate surface area is 156 Å². The summed E-state index contributed by atoms with van der Waals surface area (Å²) < 4.78 is 0. The van der Waals surface area contributed by atoms with E-state index in [1.165, 1.54) is 10.5 Å². The summed E-state index contributed by atoms with van der Waals surface area (Å²) in [7, 11) is 0. The fourth-order valence-electron chi connectivity index (χ4n) is 4.95. The summed E-state index contributed by atoms with van der Waals surface area (Å²) in [4.78, 5) is 29.2. The van der Waals surface area contributed by atoms with E-state index in [2.05, 4.69) is 68.8 Å². The highest BCUT2D eigenvalue weighted by atomic mass is 16.2. The zero-order valence-corrected chi connectivity index (χ0v) is 16.2. The maximum Gasteiger partial charge on any atom is 0.325 e. The minimum absolute atomic E-state index is 0.122. The van der Waals surface area contributed by atoms with E-state index >= 15 is 0 Å². The Kier molecular flexibility index (Phi) is 4.47. The predicted molar refractivity (Wildman–Crippen MR) is 103 cm³/mol. The number of carbonyl (C=O) groups is 2. The van der Waals surface area contributed by atoms with Crippen molar-refractivity contribution in [2.24, 2.45) is 0 Å². The van der Waals surface area contributed by atoms with E-state index in [-0.39, 0.29) is 29.6 Å². The van der Waals surface area contributed by atoms with E-state index in [9.17, 15) is 9.59 Å². The SMILES string of the molecule is C=CCN1C(=O)NC2(CC(C)(C)N(Cc3ccccc3)C(C)(C)C2)C1=O. The molecule has 140 valence electrons. The first-order valence-corrected chi connectivity index (χ1v) is 9.18. The highest BCUT2D eigenvalue weighted by Gasteiger charge is 2.60. The molecule has 0 aliphatic carbocycles. The van der Waals surface area contributed by atoms with Gasteiger partial charge in [-0.1, -0.05) is 36.4 Å². The third kappa shape index (κ3) is 3.05. The molecule has 3 amide bonds. The summed E-state index contributed by atoms with van der Waals surface area (Å²) >= 11 is 0. The molecule has 1 aromatic carbocycles. The van der Waals surface area contributed by atoms with Gasteiger partial charge >= 0.3 is 6.03 Å². The molecule has 1 N–H and O–H groups in total. The number of piperidine rings is 1. The van der Waals surface area contributed by atoms with Crippen molar-refractivity contribution in [1.82, 2.24) is 15.1 Å². The summed E-state index contributed by atoms with van der Waals surface area (Å²) in [5.41, 5.74) is -0.0740. The van der Waals surface area contributed by atoms with Gasteiger partial charge in [0.25, 0.3) is 5.91 Å². The Hall–Kier alpha value is -2.14. The van der Waals surface area contributed by atoms with E-state index in [0.717, 1.165) is 6.54 Å². The molecule has 0 bridgehead atoms. The molecule has 0 radical (unpaired) electrons. The first kappa shape index (κ1) is 18.6. The van der Waals surface area contributed by atoms with E-state index in [0.29, 0.717) is 12.8 Å². The topological polar surface area (TPSA) is 52.7 Å². The molecule has 1 spiro atoms. The summed E-state index contributed by atoms with van der Waals surface area (Å²) in [6, 6.07) is 10.1. The van der Waals surface area contributed by atoms with E-state index in [1.807, 2.05) is 6.07 Å². The lowest BCUT2D eigenvalue weighted by molar-refractivity contribution is -0.141. The van der Waals surface area contributed by atoms with Crippen LogP contribution in [-0.4, -0.2) is 44.9 Å². The first-order valence-electron chi connectivity index (χ1n) is 9.18. The molecule has 3 rings (SSSR count). The van der Waals surface area contributed by atoms with Gasteiger partial charge in [0.2, 0.25) is 0 Å². The van der Waals surface area contributed by atoms with Crippen LogP contribution in [0.5, 0.6) is 0 Å². The monoisotopic (exact) mass is 355 g/mol. The van der Waals surface area contributed by atoms with E-state index < -0.39 is 5.54 Å². The van der Waals surface area contributed by atoms with E-state index in [1.54, 1.807) is 6.08 Å². The zero-order valence-electron chi connectivity index (χ0n) is 16.2. The standard InChI is InChI=1S/C21H29N3O2/c1-6-12-23-17(25)21(22-18(23)26)14-19(2,3)24(20(4,5)15-21)13-16-10-8-7-9-11-16/h6-11H,1,12-15H2,2-5H3,(H,22,26). The number of hydrogen-bond donors (Lipinski definition) is 1. The third-order valence-corrected chi connectivity index (χ3v) is 5.67. The number of nitrogens with zero attached hydrogens (tertiary/aromatic N) is 2. The molecule has 1 aromatic rings. The Morgan fingerprint density at radius 2 is 1.65 bits per heavy atom. The van der Waals surface area contributed by atoms with Crippen molar-refractivity contribution >= 4 is 11.9 Å². The normalized spacial score (nSPS) is 23.9. The van der Waals surface area contributed by atoms with Crippen molar-refractivity contribution in [3.05, 3.63) is 48.6 Å². The van der Waals surface area contributed by atoms with Crippen LogP contribution in [0, 0.1) is 0 Å². The van der Waals surface area contributed by atoms with Gasteiger partial charge in [0.1, 0.15) is 5.54 Å². The number of imide groups is 1. The number of urea groups is 1. The van der Waals surface area contributed by atoms with Crippen LogP contribution in [0.2, 0.25) is 0 Å². The van der Waals surface area contributed by atoms with Gasteiger partial charge in [0.05, 0.1) is 0 Å². The summed E-state index contributed by atoms with van der Waals surface area (Å²) in [5.74, 6) is -0.122. The molecular weight excluding hydrogens is 326 g/mol. The van der Waals surface area contributed by atoms with Crippen LogP contribution in [0.15, 0.2) is 43.0 Å². The zero-order chi connectivity index (χ0) is 19.2. The van der Waals surface area contributed by atoms with Crippen molar-refractivity contribution in [2.75, 3.05) is 6.54 Å². The van der Waals surface area contributed by atoms with Gasteiger partial charge in [-0.15, -0.1) is 6.58 Å². The molecule has 26 heavy (non-hydrogen) atoms.